The van der Waals surface area contributed by atoms with Crippen molar-refractivity contribution in [2.75, 3.05) is 32.8 Å². The van der Waals surface area contributed by atoms with Crippen molar-refractivity contribution in [1.82, 2.24) is 30.2 Å². The lowest BCUT2D eigenvalue weighted by Crippen LogP contribution is -2.59. The average Bonchev–Trinajstić information content (AvgIpc) is 3.38. The molecule has 182 valence electrons. The van der Waals surface area contributed by atoms with E-state index in [2.05, 4.69) is 39.1 Å². The molecule has 0 radical (unpaired) electrons. The molecule has 34 heavy (non-hydrogen) atoms. The minimum atomic E-state index is -0.732. The molecule has 2 aliphatic heterocycles. The van der Waals surface area contributed by atoms with E-state index >= 15 is 0 Å². The number of piperazine rings is 1. The Balaban J connectivity index is 1.16. The van der Waals surface area contributed by atoms with Crippen molar-refractivity contribution in [2.24, 2.45) is 11.8 Å². The largest absolute Gasteiger partial charge is 0.338 e. The first-order valence-electron chi connectivity index (χ1n) is 12.4. The van der Waals surface area contributed by atoms with E-state index in [-0.39, 0.29) is 23.8 Å². The molecule has 3 fully saturated rings. The van der Waals surface area contributed by atoms with Crippen molar-refractivity contribution in [3.05, 3.63) is 35.7 Å². The molecular weight excluding hydrogens is 432 g/mol. The molecule has 2 unspecified atom stereocenters. The van der Waals surface area contributed by atoms with E-state index in [0.29, 0.717) is 24.9 Å². The van der Waals surface area contributed by atoms with Crippen LogP contribution in [0.4, 0.5) is 4.79 Å². The highest BCUT2D eigenvalue weighted by molar-refractivity contribution is 6.07. The Hall–Kier alpha value is -2.78. The zero-order chi connectivity index (χ0) is 23.9. The maximum absolute atomic E-state index is 13.4. The van der Waals surface area contributed by atoms with Crippen molar-refractivity contribution in [1.29, 1.82) is 0 Å². The number of hydrogen-bond acceptors (Lipinski definition) is 7. The van der Waals surface area contributed by atoms with Crippen LogP contribution in [0, 0.1) is 18.8 Å². The van der Waals surface area contributed by atoms with Crippen molar-refractivity contribution in [3.63, 3.8) is 0 Å². The number of benzene rings is 1. The topological polar surface area (TPSA) is 94.8 Å². The van der Waals surface area contributed by atoms with Gasteiger partial charge in [0.05, 0.1) is 13.2 Å². The van der Waals surface area contributed by atoms with Gasteiger partial charge < -0.3 is 9.84 Å². The van der Waals surface area contributed by atoms with Crippen LogP contribution in [0.5, 0.6) is 0 Å². The summed E-state index contributed by atoms with van der Waals surface area (Å²) in [6.07, 6.45) is 3.07. The highest BCUT2D eigenvalue weighted by atomic mass is 16.5. The van der Waals surface area contributed by atoms with Gasteiger partial charge in [0, 0.05) is 31.7 Å². The number of hydrogen-bond donors (Lipinski definition) is 1. The van der Waals surface area contributed by atoms with Crippen LogP contribution < -0.4 is 5.32 Å². The predicted molar refractivity (Wildman–Crippen MR) is 126 cm³/mol. The molecule has 2 atom stereocenters. The molecule has 1 saturated carbocycles. The van der Waals surface area contributed by atoms with Crippen molar-refractivity contribution >= 4 is 11.9 Å². The van der Waals surface area contributed by atoms with E-state index in [1.54, 1.807) is 0 Å². The van der Waals surface area contributed by atoms with Gasteiger partial charge >= 0.3 is 6.03 Å². The van der Waals surface area contributed by atoms with Crippen LogP contribution in [-0.4, -0.2) is 75.2 Å². The summed E-state index contributed by atoms with van der Waals surface area (Å²) in [5, 5.41) is 7.25. The molecule has 1 aliphatic carbocycles. The smallest absolute Gasteiger partial charge is 0.326 e. The summed E-state index contributed by atoms with van der Waals surface area (Å²) in [6, 6.07) is 7.75. The van der Waals surface area contributed by atoms with Gasteiger partial charge in [0.2, 0.25) is 11.7 Å². The van der Waals surface area contributed by atoms with Crippen LogP contribution in [0.1, 0.15) is 44.6 Å². The van der Waals surface area contributed by atoms with Gasteiger partial charge in [-0.2, -0.15) is 4.98 Å². The first-order valence-corrected chi connectivity index (χ1v) is 12.4. The zero-order valence-electron chi connectivity index (χ0n) is 20.3. The van der Waals surface area contributed by atoms with E-state index in [9.17, 15) is 9.59 Å². The number of carbonyl (C=O) groups is 2. The summed E-state index contributed by atoms with van der Waals surface area (Å²) in [7, 11) is 0. The summed E-state index contributed by atoms with van der Waals surface area (Å²) in [5.41, 5.74) is 1.36. The molecule has 9 nitrogen and oxygen atoms in total. The summed E-state index contributed by atoms with van der Waals surface area (Å²) in [6.45, 7) is 10.3. The Morgan fingerprint density at radius 1 is 1.06 bits per heavy atom. The third-order valence-electron chi connectivity index (χ3n) is 8.01. The number of imide groups is 1. The Kier molecular flexibility index (Phi) is 6.16. The minimum absolute atomic E-state index is 0.0470. The Labute approximate surface area is 200 Å². The summed E-state index contributed by atoms with van der Waals surface area (Å²) in [5.74, 6) is 1.49. The molecule has 3 heterocycles. The number of amides is 3. The second-order valence-electron chi connectivity index (χ2n) is 10.1. The molecule has 2 aromatic rings. The number of aromatic nitrogens is 2. The fourth-order valence-electron chi connectivity index (χ4n) is 5.81. The predicted octanol–water partition coefficient (Wildman–Crippen LogP) is 2.87. The van der Waals surface area contributed by atoms with Crippen LogP contribution in [0.2, 0.25) is 0 Å². The minimum Gasteiger partial charge on any atom is -0.338 e. The van der Waals surface area contributed by atoms with Gasteiger partial charge in [0.25, 0.3) is 5.91 Å². The lowest BCUT2D eigenvalue weighted by Gasteiger charge is -2.42. The van der Waals surface area contributed by atoms with Gasteiger partial charge in [-0.1, -0.05) is 49.7 Å². The fraction of sp³-hybridized carbons (Fsp3) is 0.600. The third-order valence-corrected chi connectivity index (χ3v) is 8.01. The van der Waals surface area contributed by atoms with E-state index in [1.807, 2.05) is 31.2 Å². The van der Waals surface area contributed by atoms with Crippen molar-refractivity contribution in [3.8, 4) is 11.4 Å². The van der Waals surface area contributed by atoms with Crippen LogP contribution in [-0.2, 0) is 11.3 Å². The maximum atomic E-state index is 13.4. The first-order chi connectivity index (χ1) is 16.4. The van der Waals surface area contributed by atoms with Crippen LogP contribution in [0.3, 0.4) is 0 Å². The maximum Gasteiger partial charge on any atom is 0.326 e. The lowest BCUT2D eigenvalue weighted by molar-refractivity contribution is -0.138. The number of aryl methyl sites for hydroxylation is 1. The van der Waals surface area contributed by atoms with Gasteiger partial charge in [-0.3, -0.25) is 14.6 Å². The quantitative estimate of drug-likeness (QED) is 0.677. The van der Waals surface area contributed by atoms with Gasteiger partial charge in [0.1, 0.15) is 5.54 Å². The molecule has 1 N–H and O–H groups in total. The van der Waals surface area contributed by atoms with Crippen LogP contribution in [0.25, 0.3) is 11.4 Å². The fourth-order valence-corrected chi connectivity index (χ4v) is 5.81. The third kappa shape index (κ3) is 4.01. The molecule has 5 rings (SSSR count). The monoisotopic (exact) mass is 466 g/mol. The Morgan fingerprint density at radius 3 is 2.44 bits per heavy atom. The second kappa shape index (κ2) is 9.11. The summed E-state index contributed by atoms with van der Waals surface area (Å²) >= 11 is 0. The average molecular weight is 467 g/mol. The summed E-state index contributed by atoms with van der Waals surface area (Å²) in [4.78, 5) is 36.7. The highest BCUT2D eigenvalue weighted by Gasteiger charge is 2.58. The normalized spacial score (nSPS) is 28.6. The van der Waals surface area contributed by atoms with Gasteiger partial charge in [-0.15, -0.1) is 0 Å². The molecule has 1 spiro atoms. The number of urea groups is 1. The first kappa shape index (κ1) is 23.0. The van der Waals surface area contributed by atoms with Crippen molar-refractivity contribution in [2.45, 2.75) is 52.1 Å². The molecule has 3 aliphatic rings. The zero-order valence-corrected chi connectivity index (χ0v) is 20.3. The molecule has 1 aromatic carbocycles. The molecule has 1 aromatic heterocycles. The molecule has 9 heteroatoms. The van der Waals surface area contributed by atoms with E-state index < -0.39 is 5.54 Å². The highest BCUT2D eigenvalue weighted by Crippen LogP contribution is 2.42. The van der Waals surface area contributed by atoms with Gasteiger partial charge in [0.15, 0.2) is 0 Å². The Morgan fingerprint density at radius 2 is 1.74 bits per heavy atom. The lowest BCUT2D eigenvalue weighted by atomic mass is 9.67. The second-order valence-corrected chi connectivity index (χ2v) is 10.1. The van der Waals surface area contributed by atoms with Crippen LogP contribution in [0.15, 0.2) is 28.8 Å². The molecule has 3 amide bonds. The van der Waals surface area contributed by atoms with Crippen molar-refractivity contribution < 1.29 is 14.1 Å². The molecular formula is C25H34N6O3. The number of nitrogens with one attached hydrogen (secondary N) is 1. The van der Waals surface area contributed by atoms with E-state index in [0.717, 1.165) is 56.6 Å². The molecule has 2 saturated heterocycles. The standard InChI is InChI=1S/C25H34N6O3/c1-17-7-4-5-10-20(17)22-26-21(34-28-22)15-29-11-13-30(14-12-29)16-31-23(32)25(27-24(31)33)18(2)8-6-9-19(25)3/h4-5,7,10,18-19H,6,8-9,11-16H2,1-3H3,(H,27,33). The Bertz CT molecular complexity index is 1050. The summed E-state index contributed by atoms with van der Waals surface area (Å²) < 4.78 is 5.50. The molecule has 0 bridgehead atoms. The number of carbonyl (C=O) groups excluding carboxylic acids is 2. The number of nitrogens with zero attached hydrogens (tertiary/aromatic N) is 5. The SMILES string of the molecule is Cc1ccccc1-c1noc(CN2CCN(CN3C(=O)NC4(C3=O)C(C)CCCC4C)CC2)n1. The van der Waals surface area contributed by atoms with Gasteiger partial charge in [-0.05, 0) is 37.2 Å². The van der Waals surface area contributed by atoms with E-state index in [4.69, 9.17) is 4.52 Å². The number of rotatable bonds is 5. The van der Waals surface area contributed by atoms with Gasteiger partial charge in [-0.25, -0.2) is 9.69 Å². The van der Waals surface area contributed by atoms with Crippen LogP contribution >= 0.6 is 0 Å². The van der Waals surface area contributed by atoms with E-state index in [1.165, 1.54) is 4.90 Å².